The first kappa shape index (κ1) is 12.5. The topological polar surface area (TPSA) is 35.5 Å². The van der Waals surface area contributed by atoms with Gasteiger partial charge in [-0.3, -0.25) is 0 Å². The molecule has 0 spiro atoms. The molecule has 1 aliphatic heterocycles. The highest BCUT2D eigenvalue weighted by atomic mass is 32.2. The zero-order valence-corrected chi connectivity index (χ0v) is 10.3. The number of hydrogen-bond acceptors (Lipinski definition) is 5. The maximum Gasteiger partial charge on any atom is 0.333 e. The smallest absolute Gasteiger partial charge is 0.333 e. The lowest BCUT2D eigenvalue weighted by molar-refractivity contribution is -0.139. The van der Waals surface area contributed by atoms with Gasteiger partial charge in [-0.15, -0.1) is 0 Å². The summed E-state index contributed by atoms with van der Waals surface area (Å²) in [6.45, 7) is 5.50. The van der Waals surface area contributed by atoms with Crippen LogP contribution in [0, 0.1) is 0 Å². The number of thiocarbonyl (C=S) groups is 1. The molecule has 0 amide bonds. The Kier molecular flexibility index (Phi) is 5.11. The van der Waals surface area contributed by atoms with Crippen LogP contribution in [0.25, 0.3) is 0 Å². The summed E-state index contributed by atoms with van der Waals surface area (Å²) in [5.41, 5.74) is 0.422. The van der Waals surface area contributed by atoms with Gasteiger partial charge in [-0.05, 0) is 25.6 Å². The Balaban J connectivity index is 2.17. The number of carbonyl (C=O) groups excluding carboxylic acids is 1. The van der Waals surface area contributed by atoms with Crippen molar-refractivity contribution in [3.05, 3.63) is 12.2 Å². The summed E-state index contributed by atoms with van der Waals surface area (Å²) in [5.74, 6) is 0.639. The highest BCUT2D eigenvalue weighted by molar-refractivity contribution is 8.22. The normalized spacial score (nSPS) is 20.6. The number of carbonyl (C=O) groups is 1. The van der Waals surface area contributed by atoms with Gasteiger partial charge in [-0.2, -0.15) is 0 Å². The molecular formula is C10H14O3S2. The van der Waals surface area contributed by atoms with Crippen molar-refractivity contribution >= 4 is 34.3 Å². The molecule has 3 nitrogen and oxygen atoms in total. The number of ether oxygens (including phenoxy) is 2. The third-order valence-electron chi connectivity index (χ3n) is 1.94. The Morgan fingerprint density at radius 1 is 1.80 bits per heavy atom. The van der Waals surface area contributed by atoms with Crippen LogP contribution in [0.2, 0.25) is 0 Å². The van der Waals surface area contributed by atoms with Crippen molar-refractivity contribution in [2.75, 3.05) is 12.4 Å². The molecule has 1 rings (SSSR count). The van der Waals surface area contributed by atoms with E-state index in [4.69, 9.17) is 21.7 Å². The lowest BCUT2D eigenvalue weighted by Gasteiger charge is -2.23. The molecule has 0 bridgehead atoms. The fourth-order valence-electron chi connectivity index (χ4n) is 1.11. The molecular weight excluding hydrogens is 232 g/mol. The van der Waals surface area contributed by atoms with Crippen molar-refractivity contribution in [2.45, 2.75) is 25.9 Å². The van der Waals surface area contributed by atoms with Crippen LogP contribution < -0.4 is 0 Å². The number of esters is 1. The van der Waals surface area contributed by atoms with Gasteiger partial charge >= 0.3 is 5.97 Å². The highest BCUT2D eigenvalue weighted by Crippen LogP contribution is 2.21. The number of thioether (sulfide) groups is 1. The van der Waals surface area contributed by atoms with E-state index < -0.39 is 0 Å². The molecule has 1 atom stereocenters. The van der Waals surface area contributed by atoms with Crippen molar-refractivity contribution in [3.63, 3.8) is 0 Å². The molecule has 84 valence electrons. The van der Waals surface area contributed by atoms with Crippen LogP contribution in [-0.4, -0.2) is 28.8 Å². The molecule has 0 radical (unpaired) electrons. The molecule has 0 aromatic rings. The summed E-state index contributed by atoms with van der Waals surface area (Å²) in [4.78, 5) is 11.1. The molecule has 5 heteroatoms. The second-order valence-corrected chi connectivity index (χ2v) is 5.03. The van der Waals surface area contributed by atoms with E-state index in [1.807, 2.05) is 0 Å². The first-order valence-electron chi connectivity index (χ1n) is 4.75. The first-order valence-corrected chi connectivity index (χ1v) is 6.15. The van der Waals surface area contributed by atoms with Crippen LogP contribution in [0.1, 0.15) is 19.8 Å². The van der Waals surface area contributed by atoms with E-state index in [1.165, 1.54) is 0 Å². The maximum absolute atomic E-state index is 11.1. The lowest BCUT2D eigenvalue weighted by atomic mass is 10.2. The Morgan fingerprint density at radius 3 is 3.13 bits per heavy atom. The fourth-order valence-corrected chi connectivity index (χ4v) is 2.25. The Hall–Kier alpha value is -0.550. The molecule has 1 aliphatic rings. The lowest BCUT2D eigenvalue weighted by Crippen LogP contribution is -2.23. The van der Waals surface area contributed by atoms with Gasteiger partial charge in [-0.25, -0.2) is 4.79 Å². The van der Waals surface area contributed by atoms with E-state index in [0.29, 0.717) is 23.0 Å². The SMILES string of the molecule is C=C(C)C(=O)OCCC1CCSC(=S)O1. The molecule has 1 fully saturated rings. The zero-order chi connectivity index (χ0) is 11.3. The summed E-state index contributed by atoms with van der Waals surface area (Å²) < 4.78 is 11.0. The van der Waals surface area contributed by atoms with E-state index in [1.54, 1.807) is 18.7 Å². The summed E-state index contributed by atoms with van der Waals surface area (Å²) >= 11 is 6.50. The molecule has 0 saturated carbocycles. The van der Waals surface area contributed by atoms with E-state index in [0.717, 1.165) is 12.2 Å². The van der Waals surface area contributed by atoms with E-state index >= 15 is 0 Å². The molecule has 1 heterocycles. The van der Waals surface area contributed by atoms with Gasteiger partial charge in [0.15, 0.2) is 0 Å². The molecule has 0 aromatic heterocycles. The fraction of sp³-hybridized carbons (Fsp3) is 0.600. The van der Waals surface area contributed by atoms with Gasteiger partial charge in [0, 0.05) is 17.7 Å². The molecule has 1 saturated heterocycles. The van der Waals surface area contributed by atoms with Crippen LogP contribution in [0.5, 0.6) is 0 Å². The summed E-state index contributed by atoms with van der Waals surface area (Å²) in [7, 11) is 0. The Morgan fingerprint density at radius 2 is 2.53 bits per heavy atom. The van der Waals surface area contributed by atoms with Gasteiger partial charge in [-0.1, -0.05) is 18.3 Å². The van der Waals surface area contributed by atoms with Crippen molar-refractivity contribution in [1.29, 1.82) is 0 Å². The Labute approximate surface area is 99.2 Å². The maximum atomic E-state index is 11.1. The predicted octanol–water partition coefficient (Wildman–Crippen LogP) is 2.30. The minimum atomic E-state index is -0.345. The van der Waals surface area contributed by atoms with E-state index in [2.05, 4.69) is 6.58 Å². The standard InChI is InChI=1S/C10H14O3S2/c1-7(2)9(11)12-5-3-8-4-6-15-10(14)13-8/h8H,1,3-6H2,2H3. The predicted molar refractivity (Wildman–Crippen MR) is 64.9 cm³/mol. The molecule has 0 N–H and O–H groups in total. The third-order valence-corrected chi connectivity index (χ3v) is 3.17. The van der Waals surface area contributed by atoms with Crippen molar-refractivity contribution < 1.29 is 14.3 Å². The van der Waals surface area contributed by atoms with Crippen LogP contribution >= 0.6 is 24.0 Å². The molecule has 0 aliphatic carbocycles. The van der Waals surface area contributed by atoms with Gasteiger partial charge in [0.05, 0.1) is 6.61 Å². The van der Waals surface area contributed by atoms with E-state index in [9.17, 15) is 4.79 Å². The second kappa shape index (κ2) is 6.12. The monoisotopic (exact) mass is 246 g/mol. The molecule has 1 unspecified atom stereocenters. The summed E-state index contributed by atoms with van der Waals surface area (Å²) in [6, 6.07) is 0. The average Bonchev–Trinajstić information content (AvgIpc) is 2.17. The highest BCUT2D eigenvalue weighted by Gasteiger charge is 2.18. The largest absolute Gasteiger partial charge is 0.475 e. The Bertz CT molecular complexity index is 276. The molecule has 15 heavy (non-hydrogen) atoms. The zero-order valence-electron chi connectivity index (χ0n) is 8.65. The average molecular weight is 246 g/mol. The first-order chi connectivity index (χ1) is 7.09. The van der Waals surface area contributed by atoms with Crippen LogP contribution in [-0.2, 0) is 14.3 Å². The third kappa shape index (κ3) is 4.66. The van der Waals surface area contributed by atoms with Crippen molar-refractivity contribution in [2.24, 2.45) is 0 Å². The minimum absolute atomic E-state index is 0.0941. The van der Waals surface area contributed by atoms with Crippen LogP contribution in [0.4, 0.5) is 0 Å². The van der Waals surface area contributed by atoms with Gasteiger partial charge in [0.2, 0.25) is 4.38 Å². The van der Waals surface area contributed by atoms with Crippen molar-refractivity contribution in [3.8, 4) is 0 Å². The van der Waals surface area contributed by atoms with Crippen LogP contribution in [0.3, 0.4) is 0 Å². The summed E-state index contributed by atoms with van der Waals surface area (Å²) in [5, 5.41) is 0. The van der Waals surface area contributed by atoms with E-state index in [-0.39, 0.29) is 12.1 Å². The van der Waals surface area contributed by atoms with Gasteiger partial charge < -0.3 is 9.47 Å². The van der Waals surface area contributed by atoms with Gasteiger partial charge in [0.1, 0.15) is 6.10 Å². The molecule has 0 aromatic carbocycles. The quantitative estimate of drug-likeness (QED) is 0.432. The second-order valence-electron chi connectivity index (χ2n) is 3.33. The van der Waals surface area contributed by atoms with Crippen LogP contribution in [0.15, 0.2) is 12.2 Å². The van der Waals surface area contributed by atoms with Crippen molar-refractivity contribution in [1.82, 2.24) is 0 Å². The summed E-state index contributed by atoms with van der Waals surface area (Å²) in [6.07, 6.45) is 1.74. The number of hydrogen-bond donors (Lipinski definition) is 0. The number of rotatable bonds is 4. The minimum Gasteiger partial charge on any atom is -0.475 e. The van der Waals surface area contributed by atoms with Gasteiger partial charge in [0.25, 0.3) is 0 Å².